The Morgan fingerprint density at radius 1 is 0.909 bits per heavy atom. The lowest BCUT2D eigenvalue weighted by Gasteiger charge is -2.19. The van der Waals surface area contributed by atoms with Gasteiger partial charge in [0.2, 0.25) is 16.2 Å². The molecule has 2 rings (SSSR count). The molecule has 0 N–H and O–H groups in total. The van der Waals surface area contributed by atoms with E-state index in [9.17, 15) is 0 Å². The Kier molecular flexibility index (Phi) is 6.16. The molecule has 22 heavy (non-hydrogen) atoms. The molecule has 0 aliphatic rings. The summed E-state index contributed by atoms with van der Waals surface area (Å²) in [6, 6.07) is 12.0. The van der Waals surface area contributed by atoms with E-state index in [1.165, 1.54) is 0 Å². The van der Waals surface area contributed by atoms with Crippen LogP contribution >= 0.6 is 11.6 Å². The lowest BCUT2D eigenvalue weighted by atomic mass is 9.99. The molecule has 118 valence electrons. The van der Waals surface area contributed by atoms with Crippen molar-refractivity contribution in [3.05, 3.63) is 42.0 Å². The summed E-state index contributed by atoms with van der Waals surface area (Å²) in [6.45, 7) is 5.02. The second kappa shape index (κ2) is 8.10. The molecule has 0 aliphatic carbocycles. The predicted molar refractivity (Wildman–Crippen MR) is 94.3 cm³/mol. The van der Waals surface area contributed by atoms with Gasteiger partial charge in [-0.05, 0) is 37.1 Å². The van der Waals surface area contributed by atoms with Gasteiger partial charge in [-0.1, -0.05) is 24.3 Å². The van der Waals surface area contributed by atoms with Crippen LogP contribution in [-0.2, 0) is 5.88 Å². The number of hydrogen-bond donors (Lipinski definition) is 0. The Morgan fingerprint density at radius 2 is 1.59 bits per heavy atom. The number of halogens is 1. The first-order chi connectivity index (χ1) is 10.8. The van der Waals surface area contributed by atoms with Gasteiger partial charge in [0.25, 0.3) is 0 Å². The van der Waals surface area contributed by atoms with Gasteiger partial charge in [0.15, 0.2) is 5.75 Å². The molecule has 3 nitrogen and oxygen atoms in total. The Morgan fingerprint density at radius 3 is 2.23 bits per heavy atom. The highest BCUT2D eigenvalue weighted by molar-refractivity contribution is 6.17. The summed E-state index contributed by atoms with van der Waals surface area (Å²) in [6.07, 6.45) is 0. The lowest BCUT2D eigenvalue weighted by Crippen LogP contribution is -2.03. The van der Waals surface area contributed by atoms with E-state index in [-0.39, 0.29) is 0 Å². The number of ether oxygens (including phenoxy) is 2. The molecule has 0 bridgehead atoms. The van der Waals surface area contributed by atoms with Gasteiger partial charge in [0, 0.05) is 11.4 Å². The maximum absolute atomic E-state index is 6.08. The molecule has 0 unspecified atom stereocenters. The molecule has 2 aromatic rings. The highest BCUT2D eigenvalue weighted by atomic mass is 35.5. The summed E-state index contributed by atoms with van der Waals surface area (Å²) in [7, 11) is 0.595. The largest absolute Gasteiger partial charge is 0.551 e. The van der Waals surface area contributed by atoms with Crippen LogP contribution in [0.2, 0.25) is 0 Å². The van der Waals surface area contributed by atoms with Crippen molar-refractivity contribution in [3.8, 4) is 28.4 Å². The first-order valence-corrected chi connectivity index (χ1v) is 8.72. The molecular weight excluding hydrogens is 316 g/mol. The second-order valence-electron chi connectivity index (χ2n) is 4.63. The van der Waals surface area contributed by atoms with Gasteiger partial charge in [-0.3, -0.25) is 0 Å². The minimum Gasteiger partial charge on any atom is -0.551 e. The van der Waals surface area contributed by atoms with E-state index >= 15 is 0 Å². The van der Waals surface area contributed by atoms with Crippen molar-refractivity contribution < 1.29 is 13.9 Å². The summed E-state index contributed by atoms with van der Waals surface area (Å²) in [5.41, 5.74) is 3.10. The van der Waals surface area contributed by atoms with Crippen LogP contribution < -0.4 is 13.9 Å². The fraction of sp³-hybridized carbons (Fsp3) is 0.294. The van der Waals surface area contributed by atoms with Crippen LogP contribution in [-0.4, -0.2) is 23.7 Å². The quantitative estimate of drug-likeness (QED) is 0.571. The van der Waals surface area contributed by atoms with Gasteiger partial charge in [-0.15, -0.1) is 11.6 Å². The number of hydrogen-bond acceptors (Lipinski definition) is 3. The number of rotatable bonds is 7. The predicted octanol–water partition coefficient (Wildman–Crippen LogP) is 3.55. The van der Waals surface area contributed by atoms with Crippen LogP contribution in [0.1, 0.15) is 19.4 Å². The summed E-state index contributed by atoms with van der Waals surface area (Å²) >= 11 is 6.08. The van der Waals surface area contributed by atoms with Crippen molar-refractivity contribution in [2.24, 2.45) is 0 Å². The number of benzene rings is 2. The fourth-order valence-corrected chi connectivity index (χ4v) is 2.94. The van der Waals surface area contributed by atoms with E-state index in [2.05, 4.69) is 0 Å². The maximum Gasteiger partial charge on any atom is 0.204 e. The first-order valence-electron chi connectivity index (χ1n) is 7.37. The van der Waals surface area contributed by atoms with Gasteiger partial charge in [-0.2, -0.15) is 0 Å². The molecule has 0 amide bonds. The van der Waals surface area contributed by atoms with Crippen LogP contribution in [0.3, 0.4) is 0 Å². The number of alkyl halides is 1. The van der Waals surface area contributed by atoms with Crippen molar-refractivity contribution >= 4 is 22.1 Å². The highest BCUT2D eigenvalue weighted by Gasteiger charge is 2.19. The Bertz CT molecular complexity index is 631. The average Bonchev–Trinajstić information content (AvgIpc) is 2.56. The zero-order valence-corrected chi connectivity index (χ0v) is 15.9. The minimum atomic E-state index is 0.449. The monoisotopic (exact) mass is 336 g/mol. The molecule has 0 aromatic heterocycles. The maximum atomic E-state index is 6.08. The minimum absolute atomic E-state index is 0.449. The van der Waals surface area contributed by atoms with Gasteiger partial charge >= 0.3 is 0 Å². The summed E-state index contributed by atoms with van der Waals surface area (Å²) in [5.74, 6) is 2.56. The first kappa shape index (κ1) is 16.7. The van der Waals surface area contributed by atoms with Crippen LogP contribution in [0, 0.1) is 0 Å². The van der Waals surface area contributed by atoms with Gasteiger partial charge < -0.3 is 13.9 Å². The Hall–Kier alpha value is -1.65. The molecule has 0 saturated carbocycles. The van der Waals surface area contributed by atoms with Gasteiger partial charge in [0.05, 0.1) is 13.2 Å². The smallest absolute Gasteiger partial charge is 0.204 e. The van der Waals surface area contributed by atoms with Crippen molar-refractivity contribution in [2.45, 2.75) is 19.7 Å². The van der Waals surface area contributed by atoms with Crippen LogP contribution in [0.4, 0.5) is 0 Å². The van der Waals surface area contributed by atoms with Crippen molar-refractivity contribution in [1.82, 2.24) is 0 Å². The van der Waals surface area contributed by atoms with E-state index in [0.717, 1.165) is 28.2 Å². The average molecular weight is 337 g/mol. The van der Waals surface area contributed by atoms with E-state index in [1.807, 2.05) is 50.2 Å². The molecule has 5 heteroatoms. The summed E-state index contributed by atoms with van der Waals surface area (Å²) in [5, 5.41) is 0. The Labute approximate surface area is 139 Å². The Balaban J connectivity index is 2.67. The normalized spacial score (nSPS) is 10.5. The molecule has 0 fully saturated rings. The molecule has 0 heterocycles. The van der Waals surface area contributed by atoms with Gasteiger partial charge in [0.1, 0.15) is 5.75 Å². The zero-order valence-electron chi connectivity index (χ0n) is 13.2. The molecule has 0 aliphatic heterocycles. The third-order valence-electron chi connectivity index (χ3n) is 3.32. The van der Waals surface area contributed by atoms with Crippen LogP contribution in [0.5, 0.6) is 17.2 Å². The molecular formula is C17H21ClO3Si. The molecule has 2 aromatic carbocycles. The topological polar surface area (TPSA) is 27.7 Å². The van der Waals surface area contributed by atoms with Crippen LogP contribution in [0.25, 0.3) is 11.1 Å². The molecule has 0 radical (unpaired) electrons. The van der Waals surface area contributed by atoms with Crippen molar-refractivity contribution in [3.63, 3.8) is 0 Å². The summed E-state index contributed by atoms with van der Waals surface area (Å²) < 4.78 is 17.2. The van der Waals surface area contributed by atoms with E-state index in [0.29, 0.717) is 35.3 Å². The van der Waals surface area contributed by atoms with Gasteiger partial charge in [-0.25, -0.2) is 0 Å². The third-order valence-corrected chi connectivity index (χ3v) is 4.05. The van der Waals surface area contributed by atoms with E-state index in [4.69, 9.17) is 25.5 Å². The van der Waals surface area contributed by atoms with E-state index in [1.54, 1.807) is 0 Å². The van der Waals surface area contributed by atoms with Crippen molar-refractivity contribution in [1.29, 1.82) is 0 Å². The highest BCUT2D eigenvalue weighted by Crippen LogP contribution is 2.45. The van der Waals surface area contributed by atoms with E-state index < -0.39 is 0 Å². The zero-order chi connectivity index (χ0) is 15.9. The third kappa shape index (κ3) is 3.39. The molecule has 0 atom stereocenters. The summed E-state index contributed by atoms with van der Waals surface area (Å²) in [4.78, 5) is 0. The standard InChI is InChI=1S/C17H21ClO3Si/c1-3-19-16-14(13-8-6-5-7-12(13)11-18)9-10-15(21-22)17(16)20-4-2/h5-10H,3-4,11H2,1-2,22H3. The molecule has 0 saturated heterocycles. The van der Waals surface area contributed by atoms with Crippen LogP contribution in [0.15, 0.2) is 36.4 Å². The fourth-order valence-electron chi connectivity index (χ4n) is 2.39. The SMILES string of the molecule is CCOc1c(O[SiH3])ccc(-c2ccccc2CCl)c1OCC. The lowest BCUT2D eigenvalue weighted by molar-refractivity contribution is 0.282. The second-order valence-corrected chi connectivity index (χ2v) is 5.31. The molecule has 0 spiro atoms. The van der Waals surface area contributed by atoms with Crippen molar-refractivity contribution in [2.75, 3.05) is 13.2 Å².